The summed E-state index contributed by atoms with van der Waals surface area (Å²) in [6, 6.07) is 3.99. The van der Waals surface area contributed by atoms with E-state index in [1.807, 2.05) is 0 Å². The highest BCUT2D eigenvalue weighted by atomic mass is 32.1. The molecule has 0 aliphatic rings. The second-order valence-corrected chi connectivity index (χ2v) is 9.13. The van der Waals surface area contributed by atoms with Crippen LogP contribution >= 0.6 is 12.6 Å². The van der Waals surface area contributed by atoms with Gasteiger partial charge in [-0.3, -0.25) is 29.0 Å². The third-order valence-electron chi connectivity index (χ3n) is 5.54. The van der Waals surface area contributed by atoms with Crippen LogP contribution in [0, 0.1) is 0 Å². The van der Waals surface area contributed by atoms with Crippen molar-refractivity contribution < 1.29 is 33.9 Å². The molecule has 0 bridgehead atoms. The first-order chi connectivity index (χ1) is 19.0. The number of guanidine groups is 1. The second-order valence-electron chi connectivity index (χ2n) is 8.77. The lowest BCUT2D eigenvalue weighted by atomic mass is 10.0. The third-order valence-corrected chi connectivity index (χ3v) is 5.91. The van der Waals surface area contributed by atoms with Crippen LogP contribution in [-0.4, -0.2) is 83.4 Å². The number of nitrogens with two attached hydrogens (primary N) is 2. The van der Waals surface area contributed by atoms with Gasteiger partial charge in [0.15, 0.2) is 5.96 Å². The molecule has 4 amide bonds. The van der Waals surface area contributed by atoms with Crippen LogP contribution in [0.5, 0.6) is 0 Å². The minimum absolute atomic E-state index is 0.00257. The van der Waals surface area contributed by atoms with Gasteiger partial charge in [-0.2, -0.15) is 12.6 Å². The van der Waals surface area contributed by atoms with Crippen molar-refractivity contribution in [3.05, 3.63) is 35.9 Å². The van der Waals surface area contributed by atoms with E-state index in [0.717, 1.165) is 0 Å². The number of hydrogen-bond donors (Lipinski definition) is 8. The maximum absolute atomic E-state index is 13.3. The van der Waals surface area contributed by atoms with Gasteiger partial charge in [0.05, 0.1) is 12.5 Å². The Bertz CT molecular complexity index is 1050. The first-order valence-electron chi connectivity index (χ1n) is 12.6. The lowest BCUT2D eigenvalue weighted by molar-refractivity contribution is -0.141. The highest BCUT2D eigenvalue weighted by molar-refractivity contribution is 7.80. The molecule has 0 aromatic heterocycles. The van der Waals surface area contributed by atoms with E-state index in [0.29, 0.717) is 18.3 Å². The van der Waals surface area contributed by atoms with Crippen LogP contribution in [-0.2, 0) is 35.2 Å². The number of amides is 4. The zero-order valence-corrected chi connectivity index (χ0v) is 23.1. The van der Waals surface area contributed by atoms with Crippen molar-refractivity contribution in [3.8, 4) is 0 Å². The van der Waals surface area contributed by atoms with Crippen molar-refractivity contribution in [2.75, 3.05) is 12.3 Å². The fourth-order valence-corrected chi connectivity index (χ4v) is 3.71. The van der Waals surface area contributed by atoms with Gasteiger partial charge in [-0.15, -0.1) is 0 Å². The predicted octanol–water partition coefficient (Wildman–Crippen LogP) is -1.76. The average Bonchev–Trinajstić information content (AvgIpc) is 2.92. The number of carbonyl (C=O) groups is 6. The van der Waals surface area contributed by atoms with E-state index >= 15 is 0 Å². The van der Waals surface area contributed by atoms with E-state index in [-0.39, 0.29) is 37.5 Å². The molecule has 0 aliphatic heterocycles. The summed E-state index contributed by atoms with van der Waals surface area (Å²) in [6.45, 7) is 1.80. The van der Waals surface area contributed by atoms with Crippen LogP contribution in [0.25, 0.3) is 0 Å². The number of carboxylic acids is 1. The molecule has 0 spiro atoms. The van der Waals surface area contributed by atoms with Crippen molar-refractivity contribution in [1.29, 1.82) is 0 Å². The lowest BCUT2D eigenvalue weighted by Crippen LogP contribution is -2.58. The molecule has 9 N–H and O–H groups in total. The number of aliphatic carboxylic acids is 1. The van der Waals surface area contributed by atoms with Gasteiger partial charge in [-0.1, -0.05) is 37.3 Å². The molecule has 0 saturated carbocycles. The molecule has 1 aromatic rings. The van der Waals surface area contributed by atoms with Gasteiger partial charge >= 0.3 is 5.97 Å². The first-order valence-corrected chi connectivity index (χ1v) is 13.2. The molecule has 4 unspecified atom stereocenters. The van der Waals surface area contributed by atoms with Crippen LogP contribution in [0.3, 0.4) is 0 Å². The van der Waals surface area contributed by atoms with Crippen molar-refractivity contribution in [2.45, 2.75) is 63.2 Å². The summed E-state index contributed by atoms with van der Waals surface area (Å²) in [5.74, 6) is -4.39. The number of aldehydes is 1. The zero-order valence-electron chi connectivity index (χ0n) is 22.2. The number of carbonyl (C=O) groups excluding carboxylic acids is 5. The lowest BCUT2D eigenvalue weighted by Gasteiger charge is -2.25. The molecule has 40 heavy (non-hydrogen) atoms. The summed E-state index contributed by atoms with van der Waals surface area (Å²) < 4.78 is 0. The summed E-state index contributed by atoms with van der Waals surface area (Å²) in [6.07, 6.45) is 0.539. The Balaban J connectivity index is 3.02. The van der Waals surface area contributed by atoms with Gasteiger partial charge in [0.2, 0.25) is 23.6 Å². The summed E-state index contributed by atoms with van der Waals surface area (Å²) in [5, 5.41) is 19.1. The van der Waals surface area contributed by atoms with E-state index in [2.05, 4.69) is 38.9 Å². The Labute approximate surface area is 237 Å². The van der Waals surface area contributed by atoms with E-state index in [1.165, 1.54) is 0 Å². The normalized spacial score (nSPS) is 13.4. The minimum Gasteiger partial charge on any atom is -0.481 e. The van der Waals surface area contributed by atoms with E-state index < -0.39 is 60.2 Å². The van der Waals surface area contributed by atoms with Crippen LogP contribution < -0.4 is 32.7 Å². The molecule has 1 rings (SSSR count). The van der Waals surface area contributed by atoms with Crippen LogP contribution in [0.1, 0.15) is 38.2 Å². The van der Waals surface area contributed by atoms with Gasteiger partial charge in [-0.05, 0) is 18.4 Å². The smallest absolute Gasteiger partial charge is 0.305 e. The Hall–Kier alpha value is -4.14. The molecule has 15 heteroatoms. The summed E-state index contributed by atoms with van der Waals surface area (Å²) in [7, 11) is 0. The molecular weight excluding hydrogens is 542 g/mol. The Kier molecular flexibility index (Phi) is 15.4. The number of thiol groups is 1. The number of nitrogens with zero attached hydrogens (tertiary/aromatic N) is 1. The molecular formula is C25H37N7O7S. The van der Waals surface area contributed by atoms with Crippen molar-refractivity contribution in [2.24, 2.45) is 16.5 Å². The molecule has 0 fully saturated rings. The van der Waals surface area contributed by atoms with Gasteiger partial charge in [0.25, 0.3) is 0 Å². The topological polar surface area (TPSA) is 235 Å². The Morgan fingerprint density at radius 3 is 2.10 bits per heavy atom. The van der Waals surface area contributed by atoms with Crippen LogP contribution in [0.2, 0.25) is 0 Å². The van der Waals surface area contributed by atoms with Crippen LogP contribution in [0.4, 0.5) is 0 Å². The number of aliphatic imine (C=N–C) groups is 1. The number of hydrogen-bond acceptors (Lipinski definition) is 8. The average molecular weight is 580 g/mol. The number of benzene rings is 1. The predicted molar refractivity (Wildman–Crippen MR) is 150 cm³/mol. The molecule has 0 heterocycles. The van der Waals surface area contributed by atoms with Gasteiger partial charge in [-0.25, -0.2) is 0 Å². The minimum atomic E-state index is -1.42. The molecule has 0 saturated heterocycles. The largest absolute Gasteiger partial charge is 0.481 e. The Morgan fingerprint density at radius 1 is 0.950 bits per heavy atom. The second kappa shape index (κ2) is 18.2. The zero-order chi connectivity index (χ0) is 30.1. The van der Waals surface area contributed by atoms with Gasteiger partial charge in [0.1, 0.15) is 24.4 Å². The van der Waals surface area contributed by atoms with E-state index in [9.17, 15) is 33.9 Å². The van der Waals surface area contributed by atoms with Crippen molar-refractivity contribution in [1.82, 2.24) is 21.3 Å². The molecule has 4 atom stereocenters. The Morgan fingerprint density at radius 2 is 1.55 bits per heavy atom. The van der Waals surface area contributed by atoms with E-state index in [4.69, 9.17) is 11.5 Å². The summed E-state index contributed by atoms with van der Waals surface area (Å²) in [4.78, 5) is 77.4. The van der Waals surface area contributed by atoms with Gasteiger partial charge < -0.3 is 42.6 Å². The molecule has 0 aliphatic carbocycles. The molecule has 14 nitrogen and oxygen atoms in total. The monoisotopic (exact) mass is 579 g/mol. The molecule has 0 radical (unpaired) electrons. The maximum atomic E-state index is 13.3. The fourth-order valence-electron chi connectivity index (χ4n) is 3.45. The molecule has 220 valence electrons. The first kappa shape index (κ1) is 33.9. The van der Waals surface area contributed by atoms with Gasteiger partial charge in [0, 0.05) is 25.1 Å². The molecule has 1 aromatic carbocycles. The van der Waals surface area contributed by atoms with Crippen LogP contribution in [0.15, 0.2) is 35.3 Å². The fraction of sp³-hybridized carbons (Fsp3) is 0.480. The maximum Gasteiger partial charge on any atom is 0.305 e. The SMILES string of the molecule is CCC(=O)NC(CC(=O)O)C(=O)NC(Cc1ccccc1)C(=O)NC(CS)C(=O)NC(C=O)CCCN=C(N)N. The number of rotatable bonds is 18. The summed E-state index contributed by atoms with van der Waals surface area (Å²) >= 11 is 4.14. The third kappa shape index (κ3) is 13.1. The standard InChI is InChI=1S/C25H37N7O7S/c1-2-20(34)30-18(12-21(35)36)23(38)31-17(11-15-7-4-3-5-8-15)22(37)32-19(14-40)24(39)29-16(13-33)9-6-10-28-25(26)27/h3-5,7-8,13,16-19,40H,2,6,9-12,14H2,1H3,(H,29,39)(H,30,34)(H,31,38)(H,32,37)(H,35,36)(H4,26,27,28). The van der Waals surface area contributed by atoms with Crippen molar-refractivity contribution >= 4 is 54.5 Å². The van der Waals surface area contributed by atoms with E-state index in [1.54, 1.807) is 37.3 Å². The van der Waals surface area contributed by atoms with Crippen molar-refractivity contribution in [3.63, 3.8) is 0 Å². The highest BCUT2D eigenvalue weighted by Gasteiger charge is 2.31. The highest BCUT2D eigenvalue weighted by Crippen LogP contribution is 2.06. The number of carboxylic acid groups (broad SMARTS) is 1. The number of nitrogens with one attached hydrogen (secondary N) is 4. The summed E-state index contributed by atoms with van der Waals surface area (Å²) in [5.41, 5.74) is 11.2. The quantitative estimate of drug-likeness (QED) is 0.0323.